The first kappa shape index (κ1) is 15.4. The minimum Gasteiger partial charge on any atom is -0.497 e. The van der Waals surface area contributed by atoms with E-state index in [1.807, 2.05) is 0 Å². The van der Waals surface area contributed by atoms with E-state index in [1.165, 1.54) is 31.2 Å². The van der Waals surface area contributed by atoms with Gasteiger partial charge in [-0.1, -0.05) is 25.0 Å². The number of ether oxygens (including phenoxy) is 1. The van der Waals surface area contributed by atoms with E-state index in [0.29, 0.717) is 5.92 Å². The highest BCUT2D eigenvalue weighted by Gasteiger charge is 2.27. The van der Waals surface area contributed by atoms with Crippen molar-refractivity contribution in [3.8, 4) is 5.75 Å². The van der Waals surface area contributed by atoms with Crippen molar-refractivity contribution in [2.75, 3.05) is 13.7 Å². The lowest BCUT2D eigenvalue weighted by Gasteiger charge is -2.34. The molecule has 2 unspecified atom stereocenters. The second-order valence-electron chi connectivity index (χ2n) is 7.06. The summed E-state index contributed by atoms with van der Waals surface area (Å²) in [5, 5.41) is 3.69. The molecular formula is C18H29NO. The Balaban J connectivity index is 2.05. The maximum atomic E-state index is 5.26. The van der Waals surface area contributed by atoms with Crippen LogP contribution in [0.4, 0.5) is 0 Å². The first-order valence-corrected chi connectivity index (χ1v) is 7.88. The largest absolute Gasteiger partial charge is 0.497 e. The second-order valence-corrected chi connectivity index (χ2v) is 7.06. The van der Waals surface area contributed by atoms with Gasteiger partial charge in [0.25, 0.3) is 0 Å². The summed E-state index contributed by atoms with van der Waals surface area (Å²) in [4.78, 5) is 0. The summed E-state index contributed by atoms with van der Waals surface area (Å²) in [6.07, 6.45) is 5.41. The predicted molar refractivity (Wildman–Crippen MR) is 85.4 cm³/mol. The zero-order chi connectivity index (χ0) is 14.6. The molecule has 1 N–H and O–H groups in total. The van der Waals surface area contributed by atoms with E-state index in [1.54, 1.807) is 7.11 Å². The van der Waals surface area contributed by atoms with Crippen LogP contribution >= 0.6 is 0 Å². The molecule has 2 heteroatoms. The van der Waals surface area contributed by atoms with Crippen LogP contribution in [0.25, 0.3) is 0 Å². The number of methoxy groups -OCH3 is 1. The van der Waals surface area contributed by atoms with Gasteiger partial charge in [-0.05, 0) is 69.7 Å². The normalized spacial score (nSPS) is 23.6. The minimum atomic E-state index is 0.210. The molecular weight excluding hydrogens is 246 g/mol. The standard InChI is InChI=1S/C18H29NO/c1-18(2,3)19-13-15-7-5-6-8-17(15)14-9-11-16(20-4)12-10-14/h9-12,15,17,19H,5-8,13H2,1-4H3. The third kappa shape index (κ3) is 4.24. The Morgan fingerprint density at radius 2 is 1.75 bits per heavy atom. The molecule has 2 rings (SSSR count). The zero-order valence-corrected chi connectivity index (χ0v) is 13.4. The van der Waals surface area contributed by atoms with Crippen LogP contribution < -0.4 is 10.1 Å². The van der Waals surface area contributed by atoms with Gasteiger partial charge in [-0.3, -0.25) is 0 Å². The van der Waals surface area contributed by atoms with Crippen LogP contribution in [0.2, 0.25) is 0 Å². The highest BCUT2D eigenvalue weighted by Crippen LogP contribution is 2.38. The van der Waals surface area contributed by atoms with Gasteiger partial charge < -0.3 is 10.1 Å². The highest BCUT2D eigenvalue weighted by molar-refractivity contribution is 5.30. The summed E-state index contributed by atoms with van der Waals surface area (Å²) in [6.45, 7) is 7.87. The van der Waals surface area contributed by atoms with Crippen molar-refractivity contribution in [2.45, 2.75) is 57.9 Å². The summed E-state index contributed by atoms with van der Waals surface area (Å²) in [5.41, 5.74) is 1.69. The third-order valence-corrected chi connectivity index (χ3v) is 4.35. The molecule has 0 aliphatic heterocycles. The number of benzene rings is 1. The molecule has 2 nitrogen and oxygen atoms in total. The summed E-state index contributed by atoms with van der Waals surface area (Å²) >= 11 is 0. The molecule has 1 aliphatic carbocycles. The molecule has 1 fully saturated rings. The molecule has 0 amide bonds. The summed E-state index contributed by atoms with van der Waals surface area (Å²) in [6, 6.07) is 8.69. The Morgan fingerprint density at radius 1 is 1.10 bits per heavy atom. The molecule has 112 valence electrons. The minimum absolute atomic E-state index is 0.210. The Kier molecular flexibility index (Phi) is 5.09. The Morgan fingerprint density at radius 3 is 2.35 bits per heavy atom. The van der Waals surface area contributed by atoms with Crippen molar-refractivity contribution >= 4 is 0 Å². The lowest BCUT2D eigenvalue weighted by Crippen LogP contribution is -2.41. The predicted octanol–water partition coefficient (Wildman–Crippen LogP) is 4.36. The Hall–Kier alpha value is -1.02. The van der Waals surface area contributed by atoms with Crippen molar-refractivity contribution in [1.29, 1.82) is 0 Å². The van der Waals surface area contributed by atoms with Gasteiger partial charge in [0.05, 0.1) is 7.11 Å². The molecule has 0 spiro atoms. The second kappa shape index (κ2) is 6.62. The highest BCUT2D eigenvalue weighted by atomic mass is 16.5. The number of hydrogen-bond donors (Lipinski definition) is 1. The van der Waals surface area contributed by atoms with E-state index in [2.05, 4.69) is 50.4 Å². The van der Waals surface area contributed by atoms with Gasteiger partial charge in [-0.25, -0.2) is 0 Å². The maximum Gasteiger partial charge on any atom is 0.118 e. The fourth-order valence-corrected chi connectivity index (χ4v) is 3.18. The maximum absolute atomic E-state index is 5.26. The van der Waals surface area contributed by atoms with E-state index >= 15 is 0 Å². The van der Waals surface area contributed by atoms with Crippen LogP contribution in [-0.4, -0.2) is 19.2 Å². The van der Waals surface area contributed by atoms with Gasteiger partial charge in [0, 0.05) is 5.54 Å². The molecule has 1 saturated carbocycles. The Bertz CT molecular complexity index is 404. The average Bonchev–Trinajstić information content (AvgIpc) is 2.45. The molecule has 1 aliphatic rings. The van der Waals surface area contributed by atoms with Crippen molar-refractivity contribution in [2.24, 2.45) is 5.92 Å². The zero-order valence-electron chi connectivity index (χ0n) is 13.4. The smallest absolute Gasteiger partial charge is 0.118 e. The molecule has 20 heavy (non-hydrogen) atoms. The van der Waals surface area contributed by atoms with Gasteiger partial charge in [-0.15, -0.1) is 0 Å². The Labute approximate surface area is 123 Å². The van der Waals surface area contributed by atoms with E-state index < -0.39 is 0 Å². The van der Waals surface area contributed by atoms with Gasteiger partial charge in [0.15, 0.2) is 0 Å². The summed E-state index contributed by atoms with van der Waals surface area (Å²) in [7, 11) is 1.73. The van der Waals surface area contributed by atoms with Crippen molar-refractivity contribution in [3.63, 3.8) is 0 Å². The van der Waals surface area contributed by atoms with Crippen molar-refractivity contribution in [1.82, 2.24) is 5.32 Å². The number of nitrogens with one attached hydrogen (secondary N) is 1. The molecule has 1 aromatic rings. The first-order chi connectivity index (χ1) is 9.49. The first-order valence-electron chi connectivity index (χ1n) is 7.88. The van der Waals surface area contributed by atoms with Gasteiger partial charge in [0.2, 0.25) is 0 Å². The van der Waals surface area contributed by atoms with Crippen LogP contribution in [0, 0.1) is 5.92 Å². The molecule has 0 bridgehead atoms. The molecule has 0 heterocycles. The van der Waals surface area contributed by atoms with Crippen LogP contribution in [0.15, 0.2) is 24.3 Å². The summed E-state index contributed by atoms with van der Waals surface area (Å²) < 4.78 is 5.26. The van der Waals surface area contributed by atoms with Gasteiger partial charge in [-0.2, -0.15) is 0 Å². The fraction of sp³-hybridized carbons (Fsp3) is 0.667. The molecule has 2 atom stereocenters. The van der Waals surface area contributed by atoms with Gasteiger partial charge >= 0.3 is 0 Å². The van der Waals surface area contributed by atoms with Crippen LogP contribution in [-0.2, 0) is 0 Å². The fourth-order valence-electron chi connectivity index (χ4n) is 3.18. The van der Waals surface area contributed by atoms with Crippen molar-refractivity contribution in [3.05, 3.63) is 29.8 Å². The SMILES string of the molecule is COc1ccc(C2CCCCC2CNC(C)(C)C)cc1. The quantitative estimate of drug-likeness (QED) is 0.881. The number of rotatable bonds is 4. The average molecular weight is 275 g/mol. The van der Waals surface area contributed by atoms with Crippen LogP contribution in [0.5, 0.6) is 5.75 Å². The molecule has 1 aromatic carbocycles. The molecule has 0 aromatic heterocycles. The van der Waals surface area contributed by atoms with E-state index in [4.69, 9.17) is 4.74 Å². The number of hydrogen-bond acceptors (Lipinski definition) is 2. The monoisotopic (exact) mass is 275 g/mol. The van der Waals surface area contributed by atoms with E-state index in [9.17, 15) is 0 Å². The topological polar surface area (TPSA) is 21.3 Å². The van der Waals surface area contributed by atoms with Crippen LogP contribution in [0.3, 0.4) is 0 Å². The van der Waals surface area contributed by atoms with E-state index in [-0.39, 0.29) is 5.54 Å². The van der Waals surface area contributed by atoms with Crippen LogP contribution in [0.1, 0.15) is 57.9 Å². The third-order valence-electron chi connectivity index (χ3n) is 4.35. The van der Waals surface area contributed by atoms with Gasteiger partial charge in [0.1, 0.15) is 5.75 Å². The lowest BCUT2D eigenvalue weighted by molar-refractivity contribution is 0.269. The summed E-state index contributed by atoms with van der Waals surface area (Å²) in [5.74, 6) is 2.41. The van der Waals surface area contributed by atoms with Crippen molar-refractivity contribution < 1.29 is 4.74 Å². The lowest BCUT2D eigenvalue weighted by atomic mass is 9.75. The van der Waals surface area contributed by atoms with E-state index in [0.717, 1.165) is 18.2 Å². The molecule has 0 radical (unpaired) electrons. The molecule has 0 saturated heterocycles.